The summed E-state index contributed by atoms with van der Waals surface area (Å²) < 4.78 is 0. The number of nitrogens with zero attached hydrogens (tertiary/aromatic N) is 1. The summed E-state index contributed by atoms with van der Waals surface area (Å²) in [6, 6.07) is 0.327. The first-order valence-corrected chi connectivity index (χ1v) is 3.48. The lowest BCUT2D eigenvalue weighted by molar-refractivity contribution is 0.716. The van der Waals surface area contributed by atoms with Gasteiger partial charge in [0.1, 0.15) is 0 Å². The molecule has 1 fully saturated rings. The van der Waals surface area contributed by atoms with Gasteiger partial charge in [0, 0.05) is 23.3 Å². The Hall–Kier alpha value is -0.830. The molecule has 1 heterocycles. The van der Waals surface area contributed by atoms with E-state index in [0.29, 0.717) is 6.04 Å². The van der Waals surface area contributed by atoms with Gasteiger partial charge in [0.2, 0.25) is 0 Å². The number of nitrogens with one attached hydrogen (secondary N) is 1. The topological polar surface area (TPSA) is 54.7 Å². The highest BCUT2D eigenvalue weighted by atomic mass is 14.9. The van der Waals surface area contributed by atoms with E-state index < -0.39 is 0 Å². The minimum absolute atomic E-state index is 0.191. The van der Waals surface area contributed by atoms with Gasteiger partial charge in [-0.3, -0.25) is 0 Å². The molecule has 0 spiro atoms. The van der Waals surface area contributed by atoms with Gasteiger partial charge in [-0.2, -0.15) is 0 Å². The van der Waals surface area contributed by atoms with E-state index in [9.17, 15) is 0 Å². The Morgan fingerprint density at radius 3 is 3.00 bits per heavy atom. The fourth-order valence-electron chi connectivity index (χ4n) is 1.28. The number of H-pyrrole nitrogens is 1. The lowest BCUT2D eigenvalue weighted by Crippen LogP contribution is -2.14. The van der Waals surface area contributed by atoms with Crippen molar-refractivity contribution in [2.45, 2.75) is 24.8 Å². The minimum atomic E-state index is 0.191. The van der Waals surface area contributed by atoms with Crippen molar-refractivity contribution in [1.29, 1.82) is 0 Å². The summed E-state index contributed by atoms with van der Waals surface area (Å²) >= 11 is 0. The van der Waals surface area contributed by atoms with Gasteiger partial charge in [-0.15, -0.1) is 0 Å². The van der Waals surface area contributed by atoms with Crippen molar-refractivity contribution in [2.24, 2.45) is 5.73 Å². The maximum absolute atomic E-state index is 5.74. The predicted octanol–water partition coefficient (Wildman–Crippen LogP) is 0.398. The third-order valence-electron chi connectivity index (χ3n) is 2.42. The molecule has 1 aliphatic rings. The summed E-state index contributed by atoms with van der Waals surface area (Å²) in [5.74, 6) is 0. The fourth-order valence-corrected chi connectivity index (χ4v) is 1.28. The van der Waals surface area contributed by atoms with Crippen molar-refractivity contribution in [3.63, 3.8) is 0 Å². The van der Waals surface area contributed by atoms with Crippen LogP contribution in [0.3, 0.4) is 0 Å². The Morgan fingerprint density at radius 1 is 1.90 bits per heavy atom. The van der Waals surface area contributed by atoms with Crippen molar-refractivity contribution in [1.82, 2.24) is 9.97 Å². The van der Waals surface area contributed by atoms with Crippen LogP contribution in [0, 0.1) is 0 Å². The number of aromatic nitrogens is 2. The van der Waals surface area contributed by atoms with Crippen LogP contribution >= 0.6 is 0 Å². The number of rotatable bonds is 1. The Labute approximate surface area is 59.7 Å². The second-order valence-electron chi connectivity index (χ2n) is 3.19. The molecule has 0 saturated heterocycles. The molecule has 0 aromatic carbocycles. The second kappa shape index (κ2) is 1.61. The Bertz CT molecular complexity index is 229. The van der Waals surface area contributed by atoms with Crippen molar-refractivity contribution in [3.05, 3.63) is 18.2 Å². The SMILES string of the molecule is C[C@@]1(c2cnc[nH]2)C[C@H]1N. The van der Waals surface area contributed by atoms with Gasteiger partial charge in [-0.1, -0.05) is 6.92 Å². The molecule has 3 N–H and O–H groups in total. The molecule has 0 amide bonds. The standard InChI is InChI=1S/C7H11N3/c1-7(2-5(7)8)6-3-9-4-10-6/h3-5H,2,8H2,1H3,(H,9,10)/t5-,7-/m1/s1. The zero-order valence-electron chi connectivity index (χ0n) is 5.96. The number of hydrogen-bond donors (Lipinski definition) is 2. The van der Waals surface area contributed by atoms with E-state index in [1.165, 1.54) is 5.69 Å². The molecule has 2 rings (SSSR count). The molecule has 1 aliphatic carbocycles. The third kappa shape index (κ3) is 0.609. The van der Waals surface area contributed by atoms with Crippen LogP contribution in [0.5, 0.6) is 0 Å². The Balaban J connectivity index is 2.30. The maximum atomic E-state index is 5.74. The summed E-state index contributed by atoms with van der Waals surface area (Å²) in [6.07, 6.45) is 4.63. The lowest BCUT2D eigenvalue weighted by Gasteiger charge is -2.03. The molecule has 0 aliphatic heterocycles. The normalized spacial score (nSPS) is 38.0. The number of imidazole rings is 1. The largest absolute Gasteiger partial charge is 0.348 e. The molecule has 2 atom stereocenters. The van der Waals surface area contributed by atoms with E-state index in [2.05, 4.69) is 16.9 Å². The van der Waals surface area contributed by atoms with Gasteiger partial charge in [0.25, 0.3) is 0 Å². The Morgan fingerprint density at radius 2 is 2.60 bits per heavy atom. The molecule has 0 radical (unpaired) electrons. The summed E-state index contributed by atoms with van der Waals surface area (Å²) in [5, 5.41) is 0. The number of nitrogens with two attached hydrogens (primary N) is 1. The molecule has 54 valence electrons. The van der Waals surface area contributed by atoms with E-state index in [1.54, 1.807) is 6.33 Å². The molecule has 10 heavy (non-hydrogen) atoms. The molecular weight excluding hydrogens is 126 g/mol. The quantitative estimate of drug-likeness (QED) is 0.588. The first-order chi connectivity index (χ1) is 4.73. The molecule has 1 aromatic rings. The third-order valence-corrected chi connectivity index (χ3v) is 2.42. The van der Waals surface area contributed by atoms with E-state index in [0.717, 1.165) is 6.42 Å². The molecular formula is C7H11N3. The summed E-state index contributed by atoms with van der Waals surface area (Å²) in [6.45, 7) is 2.16. The van der Waals surface area contributed by atoms with Gasteiger partial charge >= 0.3 is 0 Å². The van der Waals surface area contributed by atoms with Crippen LogP contribution in [0.15, 0.2) is 12.5 Å². The van der Waals surface area contributed by atoms with Crippen LogP contribution in [0.1, 0.15) is 19.0 Å². The minimum Gasteiger partial charge on any atom is -0.348 e. The summed E-state index contributed by atoms with van der Waals surface area (Å²) in [7, 11) is 0. The molecule has 0 unspecified atom stereocenters. The van der Waals surface area contributed by atoms with Crippen LogP contribution < -0.4 is 5.73 Å². The first kappa shape index (κ1) is 5.92. The van der Waals surface area contributed by atoms with Crippen molar-refractivity contribution in [3.8, 4) is 0 Å². The van der Waals surface area contributed by atoms with Crippen molar-refractivity contribution in [2.75, 3.05) is 0 Å². The van der Waals surface area contributed by atoms with Gasteiger partial charge in [0.15, 0.2) is 0 Å². The van der Waals surface area contributed by atoms with Gasteiger partial charge in [0.05, 0.1) is 6.33 Å². The van der Waals surface area contributed by atoms with E-state index in [4.69, 9.17) is 5.73 Å². The van der Waals surface area contributed by atoms with E-state index >= 15 is 0 Å². The predicted molar refractivity (Wildman–Crippen MR) is 38.5 cm³/mol. The fraction of sp³-hybridized carbons (Fsp3) is 0.571. The van der Waals surface area contributed by atoms with Crippen LogP contribution in [-0.2, 0) is 5.41 Å². The lowest BCUT2D eigenvalue weighted by atomic mass is 10.1. The van der Waals surface area contributed by atoms with Crippen LogP contribution in [0.2, 0.25) is 0 Å². The zero-order valence-corrected chi connectivity index (χ0v) is 5.96. The van der Waals surface area contributed by atoms with Gasteiger partial charge in [-0.05, 0) is 6.42 Å². The van der Waals surface area contributed by atoms with Crippen molar-refractivity contribution >= 4 is 0 Å². The van der Waals surface area contributed by atoms with Crippen LogP contribution in [0.4, 0.5) is 0 Å². The average molecular weight is 137 g/mol. The van der Waals surface area contributed by atoms with E-state index in [-0.39, 0.29) is 5.41 Å². The summed E-state index contributed by atoms with van der Waals surface area (Å²) in [5.41, 5.74) is 7.10. The smallest absolute Gasteiger partial charge is 0.0921 e. The van der Waals surface area contributed by atoms with E-state index in [1.807, 2.05) is 6.20 Å². The first-order valence-electron chi connectivity index (χ1n) is 3.48. The second-order valence-corrected chi connectivity index (χ2v) is 3.19. The molecule has 1 saturated carbocycles. The highest BCUT2D eigenvalue weighted by Crippen LogP contribution is 2.45. The highest BCUT2D eigenvalue weighted by Gasteiger charge is 2.49. The maximum Gasteiger partial charge on any atom is 0.0921 e. The van der Waals surface area contributed by atoms with Crippen molar-refractivity contribution < 1.29 is 0 Å². The van der Waals surface area contributed by atoms with Crippen LogP contribution in [-0.4, -0.2) is 16.0 Å². The zero-order chi connectivity index (χ0) is 7.19. The van der Waals surface area contributed by atoms with Gasteiger partial charge in [-0.25, -0.2) is 4.98 Å². The molecule has 1 aromatic heterocycles. The molecule has 3 nitrogen and oxygen atoms in total. The number of aromatic amines is 1. The summed E-state index contributed by atoms with van der Waals surface area (Å²) in [4.78, 5) is 7.03. The average Bonchev–Trinajstić information content (AvgIpc) is 2.35. The number of hydrogen-bond acceptors (Lipinski definition) is 2. The molecule has 3 heteroatoms. The monoisotopic (exact) mass is 137 g/mol. The van der Waals surface area contributed by atoms with Crippen LogP contribution in [0.25, 0.3) is 0 Å². The molecule has 0 bridgehead atoms. The highest BCUT2D eigenvalue weighted by molar-refractivity contribution is 5.26. The Kier molecular flexibility index (Phi) is 0.951. The van der Waals surface area contributed by atoms with Gasteiger partial charge < -0.3 is 10.7 Å².